The van der Waals surface area contributed by atoms with Crippen molar-refractivity contribution in [2.45, 2.75) is 31.6 Å². The Balaban J connectivity index is 1.75. The van der Waals surface area contributed by atoms with Crippen molar-refractivity contribution in [2.24, 2.45) is 0 Å². The van der Waals surface area contributed by atoms with E-state index in [0.717, 1.165) is 37.4 Å². The number of hydrogen-bond donors (Lipinski definition) is 1. The highest BCUT2D eigenvalue weighted by Crippen LogP contribution is 2.32. The molecule has 0 bridgehead atoms. The van der Waals surface area contributed by atoms with E-state index in [0.29, 0.717) is 18.1 Å². The van der Waals surface area contributed by atoms with Crippen molar-refractivity contribution in [1.82, 2.24) is 20.4 Å². The maximum absolute atomic E-state index is 5.51. The summed E-state index contributed by atoms with van der Waals surface area (Å²) in [5, 5.41) is 7.50. The average Bonchev–Trinajstić information content (AvgIpc) is 3.17. The van der Waals surface area contributed by atoms with Crippen LogP contribution in [0.15, 0.2) is 22.9 Å². The highest BCUT2D eigenvalue weighted by atomic mass is 16.5. The van der Waals surface area contributed by atoms with Crippen LogP contribution in [0.5, 0.6) is 5.88 Å². The summed E-state index contributed by atoms with van der Waals surface area (Å²) in [5.41, 5.74) is 1.04. The summed E-state index contributed by atoms with van der Waals surface area (Å²) < 4.78 is 10.6. The van der Waals surface area contributed by atoms with Crippen LogP contribution in [0.25, 0.3) is 0 Å². The minimum Gasteiger partial charge on any atom is -0.481 e. The molecule has 1 aliphatic rings. The minimum absolute atomic E-state index is 0.00338. The van der Waals surface area contributed by atoms with Crippen molar-refractivity contribution < 1.29 is 9.26 Å². The van der Waals surface area contributed by atoms with Crippen LogP contribution in [0, 0.1) is 0 Å². The molecule has 1 saturated heterocycles. The first-order valence-electron chi connectivity index (χ1n) is 7.28. The van der Waals surface area contributed by atoms with Gasteiger partial charge in [0.15, 0.2) is 5.82 Å². The predicted octanol–water partition coefficient (Wildman–Crippen LogP) is 1.71. The second-order valence-electron chi connectivity index (χ2n) is 5.46. The molecule has 2 aromatic heterocycles. The van der Waals surface area contributed by atoms with Gasteiger partial charge in [0, 0.05) is 25.2 Å². The van der Waals surface area contributed by atoms with E-state index in [1.165, 1.54) is 0 Å². The third kappa shape index (κ3) is 2.76. The Hall–Kier alpha value is -1.95. The average molecular weight is 288 g/mol. The van der Waals surface area contributed by atoms with Gasteiger partial charge in [-0.3, -0.25) is 0 Å². The van der Waals surface area contributed by atoms with Gasteiger partial charge in [-0.2, -0.15) is 4.98 Å². The van der Waals surface area contributed by atoms with E-state index in [9.17, 15) is 0 Å². The van der Waals surface area contributed by atoms with E-state index in [-0.39, 0.29) is 5.41 Å². The maximum atomic E-state index is 5.51. The first-order chi connectivity index (χ1) is 10.3. The number of rotatable bonds is 5. The molecule has 21 heavy (non-hydrogen) atoms. The molecule has 2 aromatic rings. The molecule has 1 N–H and O–H groups in total. The van der Waals surface area contributed by atoms with Crippen LogP contribution in [-0.2, 0) is 11.8 Å². The van der Waals surface area contributed by atoms with Gasteiger partial charge in [0.05, 0.1) is 12.5 Å². The molecule has 0 spiro atoms. The zero-order valence-corrected chi connectivity index (χ0v) is 12.4. The van der Waals surface area contributed by atoms with Crippen molar-refractivity contribution in [3.8, 4) is 5.88 Å². The number of hydrogen-bond acceptors (Lipinski definition) is 6. The normalized spacial score (nSPS) is 21.6. The third-order valence-corrected chi connectivity index (χ3v) is 4.21. The zero-order chi connectivity index (χ0) is 14.7. The number of ether oxygens (including phenoxy) is 1. The second kappa shape index (κ2) is 5.81. The standard InChI is InChI=1S/C15H20N4O2/c1-3-15(6-7-16-10-15)14-18-12(19-21-14)8-11-4-5-13(20-2)17-9-11/h4-5,9,16H,3,6-8,10H2,1-2H3. The van der Waals surface area contributed by atoms with Gasteiger partial charge in [0.25, 0.3) is 0 Å². The summed E-state index contributed by atoms with van der Waals surface area (Å²) in [5.74, 6) is 2.07. The quantitative estimate of drug-likeness (QED) is 0.903. The third-order valence-electron chi connectivity index (χ3n) is 4.21. The van der Waals surface area contributed by atoms with Crippen molar-refractivity contribution in [2.75, 3.05) is 20.2 Å². The molecule has 1 aliphatic heterocycles. The fraction of sp³-hybridized carbons (Fsp3) is 0.533. The molecule has 0 aliphatic carbocycles. The topological polar surface area (TPSA) is 73.1 Å². The van der Waals surface area contributed by atoms with E-state index in [1.807, 2.05) is 12.1 Å². The van der Waals surface area contributed by atoms with Crippen LogP contribution >= 0.6 is 0 Å². The predicted molar refractivity (Wildman–Crippen MR) is 77.3 cm³/mol. The van der Waals surface area contributed by atoms with E-state index >= 15 is 0 Å². The first kappa shape index (κ1) is 14.0. The second-order valence-corrected chi connectivity index (χ2v) is 5.46. The Morgan fingerprint density at radius 3 is 2.95 bits per heavy atom. The van der Waals surface area contributed by atoms with Crippen LogP contribution < -0.4 is 10.1 Å². The largest absolute Gasteiger partial charge is 0.481 e. The number of nitrogens with one attached hydrogen (secondary N) is 1. The number of aromatic nitrogens is 3. The van der Waals surface area contributed by atoms with Gasteiger partial charge < -0.3 is 14.6 Å². The molecule has 3 heterocycles. The van der Waals surface area contributed by atoms with Crippen LogP contribution in [-0.4, -0.2) is 35.3 Å². The molecule has 0 radical (unpaired) electrons. The van der Waals surface area contributed by atoms with Crippen molar-refractivity contribution in [3.05, 3.63) is 35.6 Å². The van der Waals surface area contributed by atoms with Gasteiger partial charge in [0.2, 0.25) is 11.8 Å². The molecule has 1 atom stereocenters. The number of methoxy groups -OCH3 is 1. The fourth-order valence-electron chi connectivity index (χ4n) is 2.74. The molecule has 0 amide bonds. The van der Waals surface area contributed by atoms with E-state index in [4.69, 9.17) is 9.26 Å². The Labute approximate surface area is 123 Å². The molecule has 3 rings (SSSR count). The van der Waals surface area contributed by atoms with Crippen molar-refractivity contribution in [3.63, 3.8) is 0 Å². The fourth-order valence-corrected chi connectivity index (χ4v) is 2.74. The van der Waals surface area contributed by atoms with E-state index in [2.05, 4.69) is 27.4 Å². The summed E-state index contributed by atoms with van der Waals surface area (Å²) in [6.07, 6.45) is 4.45. The van der Waals surface area contributed by atoms with Gasteiger partial charge in [0.1, 0.15) is 0 Å². The van der Waals surface area contributed by atoms with Crippen molar-refractivity contribution >= 4 is 0 Å². The maximum Gasteiger partial charge on any atom is 0.234 e. The summed E-state index contributed by atoms with van der Waals surface area (Å²) >= 11 is 0. The number of pyridine rings is 1. The summed E-state index contributed by atoms with van der Waals surface area (Å²) in [7, 11) is 1.60. The summed E-state index contributed by atoms with van der Waals surface area (Å²) in [4.78, 5) is 8.79. The Kier molecular flexibility index (Phi) is 3.88. The van der Waals surface area contributed by atoms with Gasteiger partial charge in [-0.05, 0) is 24.9 Å². The molecule has 6 heteroatoms. The van der Waals surface area contributed by atoms with Gasteiger partial charge >= 0.3 is 0 Å². The smallest absolute Gasteiger partial charge is 0.234 e. The number of nitrogens with zero attached hydrogens (tertiary/aromatic N) is 3. The Morgan fingerprint density at radius 1 is 1.43 bits per heavy atom. The lowest BCUT2D eigenvalue weighted by molar-refractivity contribution is 0.283. The molecule has 1 unspecified atom stereocenters. The van der Waals surface area contributed by atoms with Gasteiger partial charge in [-0.15, -0.1) is 0 Å². The Bertz CT molecular complexity index is 588. The monoisotopic (exact) mass is 288 g/mol. The highest BCUT2D eigenvalue weighted by molar-refractivity contribution is 5.21. The van der Waals surface area contributed by atoms with Crippen LogP contribution in [0.3, 0.4) is 0 Å². The minimum atomic E-state index is 0.00338. The summed E-state index contributed by atoms with van der Waals surface area (Å²) in [6, 6.07) is 3.80. The molecule has 112 valence electrons. The van der Waals surface area contributed by atoms with E-state index < -0.39 is 0 Å². The lowest BCUT2D eigenvalue weighted by Gasteiger charge is -2.20. The van der Waals surface area contributed by atoms with Gasteiger partial charge in [-0.1, -0.05) is 18.1 Å². The lowest BCUT2D eigenvalue weighted by Crippen LogP contribution is -2.28. The van der Waals surface area contributed by atoms with Crippen LogP contribution in [0.4, 0.5) is 0 Å². The van der Waals surface area contributed by atoms with Crippen molar-refractivity contribution in [1.29, 1.82) is 0 Å². The SMILES string of the molecule is CCC1(c2nc(Cc3ccc(OC)nc3)no2)CCNC1. The molecule has 1 fully saturated rings. The Morgan fingerprint density at radius 2 is 2.33 bits per heavy atom. The summed E-state index contributed by atoms with van der Waals surface area (Å²) in [6.45, 7) is 4.09. The molecule has 0 aromatic carbocycles. The molecule has 0 saturated carbocycles. The van der Waals surface area contributed by atoms with Crippen LogP contribution in [0.2, 0.25) is 0 Å². The highest BCUT2D eigenvalue weighted by Gasteiger charge is 2.39. The van der Waals surface area contributed by atoms with Crippen LogP contribution in [0.1, 0.15) is 37.0 Å². The zero-order valence-electron chi connectivity index (χ0n) is 12.4. The molecular formula is C15H20N4O2. The molecular weight excluding hydrogens is 268 g/mol. The van der Waals surface area contributed by atoms with Gasteiger partial charge in [-0.25, -0.2) is 4.98 Å². The lowest BCUT2D eigenvalue weighted by atomic mass is 9.84. The molecule has 6 nitrogen and oxygen atoms in total. The van der Waals surface area contributed by atoms with E-state index in [1.54, 1.807) is 13.3 Å². The first-order valence-corrected chi connectivity index (χ1v) is 7.28.